The van der Waals surface area contributed by atoms with Gasteiger partial charge in [-0.15, -0.1) is 0 Å². The van der Waals surface area contributed by atoms with E-state index in [0.717, 1.165) is 22.0 Å². The maximum absolute atomic E-state index is 11.1. The Hall–Kier alpha value is -1.24. The van der Waals surface area contributed by atoms with E-state index >= 15 is 0 Å². The summed E-state index contributed by atoms with van der Waals surface area (Å²) in [5.41, 5.74) is 2.53. The molecule has 2 aromatic rings. The minimum absolute atomic E-state index is 0.539. The molecule has 112 valence electrons. The van der Waals surface area contributed by atoms with E-state index in [0.29, 0.717) is 17.3 Å². The minimum Gasteiger partial charge on any atom is -0.381 e. The van der Waals surface area contributed by atoms with Crippen molar-refractivity contribution in [1.82, 2.24) is 0 Å². The van der Waals surface area contributed by atoms with E-state index in [-0.39, 0.29) is 0 Å². The van der Waals surface area contributed by atoms with Crippen LogP contribution in [0.1, 0.15) is 5.56 Å². The van der Waals surface area contributed by atoms with Crippen molar-refractivity contribution in [2.24, 2.45) is 0 Å². The molecular weight excluding hydrogens is 376 g/mol. The standard InChI is InChI=1S/C14H14BrClN2O2S/c1-21(19,20)18-12-5-3-11(4-6-12)17-9-10-2-7-14(16)13(15)8-10/h2-8,17-18H,9H2,1H3. The molecule has 0 amide bonds. The van der Waals surface area contributed by atoms with Crippen LogP contribution in [0.25, 0.3) is 0 Å². The summed E-state index contributed by atoms with van der Waals surface area (Å²) in [6.45, 7) is 0.647. The van der Waals surface area contributed by atoms with E-state index in [2.05, 4.69) is 26.0 Å². The first-order valence-corrected chi connectivity index (χ1v) is 9.15. The first kappa shape index (κ1) is 16.1. The number of rotatable bonds is 5. The van der Waals surface area contributed by atoms with Gasteiger partial charge < -0.3 is 5.32 Å². The Bertz CT molecular complexity index is 733. The monoisotopic (exact) mass is 388 g/mol. The summed E-state index contributed by atoms with van der Waals surface area (Å²) in [4.78, 5) is 0. The lowest BCUT2D eigenvalue weighted by molar-refractivity contribution is 0.607. The van der Waals surface area contributed by atoms with Crippen LogP contribution in [0.15, 0.2) is 46.9 Å². The molecule has 0 spiro atoms. The molecule has 0 saturated heterocycles. The maximum atomic E-state index is 11.1. The molecule has 7 heteroatoms. The van der Waals surface area contributed by atoms with Crippen LogP contribution >= 0.6 is 27.5 Å². The Morgan fingerprint density at radius 1 is 1.10 bits per heavy atom. The number of hydrogen-bond acceptors (Lipinski definition) is 3. The first-order valence-electron chi connectivity index (χ1n) is 6.09. The molecule has 4 nitrogen and oxygen atoms in total. The molecular formula is C14H14BrClN2O2S. The molecule has 2 rings (SSSR count). The highest BCUT2D eigenvalue weighted by Gasteiger charge is 2.02. The average molecular weight is 390 g/mol. The van der Waals surface area contributed by atoms with Crippen LogP contribution in [-0.2, 0) is 16.6 Å². The highest BCUT2D eigenvalue weighted by Crippen LogP contribution is 2.23. The molecule has 0 aliphatic carbocycles. The van der Waals surface area contributed by atoms with Crippen molar-refractivity contribution in [1.29, 1.82) is 0 Å². The van der Waals surface area contributed by atoms with Crippen molar-refractivity contribution in [2.45, 2.75) is 6.54 Å². The molecule has 0 aromatic heterocycles. The molecule has 0 bridgehead atoms. The molecule has 2 aromatic carbocycles. The molecule has 0 aliphatic rings. The second-order valence-corrected chi connectivity index (χ2v) is 7.56. The van der Waals surface area contributed by atoms with Gasteiger partial charge in [0.2, 0.25) is 10.0 Å². The third-order valence-electron chi connectivity index (χ3n) is 2.67. The molecule has 0 saturated carbocycles. The second-order valence-electron chi connectivity index (χ2n) is 4.55. The number of hydrogen-bond donors (Lipinski definition) is 2. The predicted molar refractivity (Wildman–Crippen MR) is 91.4 cm³/mol. The lowest BCUT2D eigenvalue weighted by Crippen LogP contribution is -2.09. The van der Waals surface area contributed by atoms with Gasteiger partial charge >= 0.3 is 0 Å². The zero-order valence-corrected chi connectivity index (χ0v) is 14.4. The van der Waals surface area contributed by atoms with Crippen LogP contribution in [0.3, 0.4) is 0 Å². The van der Waals surface area contributed by atoms with E-state index in [1.54, 1.807) is 12.1 Å². The Labute approximate surface area is 137 Å². The third kappa shape index (κ3) is 5.22. The van der Waals surface area contributed by atoms with Gasteiger partial charge in [0.15, 0.2) is 0 Å². The quantitative estimate of drug-likeness (QED) is 0.810. The van der Waals surface area contributed by atoms with Crippen molar-refractivity contribution in [3.8, 4) is 0 Å². The predicted octanol–water partition coefficient (Wildman–Crippen LogP) is 4.09. The molecule has 0 aliphatic heterocycles. The van der Waals surface area contributed by atoms with E-state index in [1.165, 1.54) is 0 Å². The summed E-state index contributed by atoms with van der Waals surface area (Å²) >= 11 is 9.33. The van der Waals surface area contributed by atoms with Crippen LogP contribution in [0.4, 0.5) is 11.4 Å². The van der Waals surface area contributed by atoms with Gasteiger partial charge in [-0.05, 0) is 57.9 Å². The summed E-state index contributed by atoms with van der Waals surface area (Å²) in [6.07, 6.45) is 1.12. The molecule has 2 N–H and O–H groups in total. The normalized spacial score (nSPS) is 11.2. The maximum Gasteiger partial charge on any atom is 0.229 e. The van der Waals surface area contributed by atoms with Crippen molar-refractivity contribution >= 4 is 48.9 Å². The largest absolute Gasteiger partial charge is 0.381 e. The fraction of sp³-hybridized carbons (Fsp3) is 0.143. The summed E-state index contributed by atoms with van der Waals surface area (Å²) in [6, 6.07) is 12.8. The molecule has 0 heterocycles. The fourth-order valence-corrected chi connectivity index (χ4v) is 2.83. The summed E-state index contributed by atoms with van der Waals surface area (Å²) in [5.74, 6) is 0. The van der Waals surface area contributed by atoms with Crippen LogP contribution in [0, 0.1) is 0 Å². The molecule has 0 atom stereocenters. The Morgan fingerprint density at radius 3 is 2.29 bits per heavy atom. The van der Waals surface area contributed by atoms with Crippen molar-refractivity contribution < 1.29 is 8.42 Å². The lowest BCUT2D eigenvalue weighted by atomic mass is 10.2. The van der Waals surface area contributed by atoms with E-state index in [9.17, 15) is 8.42 Å². The van der Waals surface area contributed by atoms with E-state index in [1.807, 2.05) is 30.3 Å². The zero-order valence-electron chi connectivity index (χ0n) is 11.2. The van der Waals surface area contributed by atoms with Crippen LogP contribution in [0.5, 0.6) is 0 Å². The smallest absolute Gasteiger partial charge is 0.229 e. The molecule has 0 radical (unpaired) electrons. The van der Waals surface area contributed by atoms with Crippen LogP contribution in [-0.4, -0.2) is 14.7 Å². The summed E-state index contributed by atoms with van der Waals surface area (Å²) in [7, 11) is -3.24. The van der Waals surface area contributed by atoms with Crippen molar-refractivity contribution in [3.05, 3.63) is 57.5 Å². The molecule has 0 fully saturated rings. The third-order valence-corrected chi connectivity index (χ3v) is 4.49. The van der Waals surface area contributed by atoms with Crippen molar-refractivity contribution in [2.75, 3.05) is 16.3 Å². The van der Waals surface area contributed by atoms with Gasteiger partial charge in [0.1, 0.15) is 0 Å². The fourth-order valence-electron chi connectivity index (χ4n) is 1.72. The van der Waals surface area contributed by atoms with E-state index < -0.39 is 10.0 Å². The number of halogens is 2. The summed E-state index contributed by atoms with van der Waals surface area (Å²) in [5, 5.41) is 3.93. The van der Waals surface area contributed by atoms with E-state index in [4.69, 9.17) is 11.6 Å². The Morgan fingerprint density at radius 2 is 1.71 bits per heavy atom. The summed E-state index contributed by atoms with van der Waals surface area (Å²) < 4.78 is 25.5. The van der Waals surface area contributed by atoms with Gasteiger partial charge in [0.05, 0.1) is 11.3 Å². The zero-order chi connectivity index (χ0) is 15.5. The van der Waals surface area contributed by atoms with Crippen molar-refractivity contribution in [3.63, 3.8) is 0 Å². The molecule has 21 heavy (non-hydrogen) atoms. The number of benzene rings is 2. The minimum atomic E-state index is -3.24. The van der Waals surface area contributed by atoms with Crippen LogP contribution < -0.4 is 10.0 Å². The Balaban J connectivity index is 1.99. The molecule has 0 unspecified atom stereocenters. The van der Waals surface area contributed by atoms with Crippen LogP contribution in [0.2, 0.25) is 5.02 Å². The lowest BCUT2D eigenvalue weighted by Gasteiger charge is -2.09. The van der Waals surface area contributed by atoms with Gasteiger partial charge in [0.25, 0.3) is 0 Å². The van der Waals surface area contributed by atoms with Gasteiger partial charge in [-0.25, -0.2) is 8.42 Å². The van der Waals surface area contributed by atoms with Gasteiger partial charge in [-0.2, -0.15) is 0 Å². The van der Waals surface area contributed by atoms with Gasteiger partial charge in [-0.1, -0.05) is 17.7 Å². The topological polar surface area (TPSA) is 58.2 Å². The highest BCUT2D eigenvalue weighted by atomic mass is 79.9. The number of sulfonamides is 1. The number of nitrogens with one attached hydrogen (secondary N) is 2. The number of anilines is 2. The van der Waals surface area contributed by atoms with Gasteiger partial charge in [0, 0.05) is 22.4 Å². The highest BCUT2D eigenvalue weighted by molar-refractivity contribution is 9.10. The first-order chi connectivity index (χ1) is 9.83. The second kappa shape index (κ2) is 6.68. The Kier molecular flexibility index (Phi) is 5.13. The SMILES string of the molecule is CS(=O)(=O)Nc1ccc(NCc2ccc(Cl)c(Br)c2)cc1. The van der Waals surface area contributed by atoms with Gasteiger partial charge in [-0.3, -0.25) is 4.72 Å². The average Bonchev–Trinajstić information content (AvgIpc) is 2.40.